The number of fused-ring (bicyclic) bond motifs is 1. The molecule has 0 aliphatic carbocycles. The molecule has 2 aromatic rings. The van der Waals surface area contributed by atoms with Crippen molar-refractivity contribution < 1.29 is 14.3 Å². The standard InChI is InChI=1S/C22H24ClN3O3/c1-24-21(28)16-6-10-25-17(13-16)14-19(27)26-11-8-22(9-12-26)7-5-15-3-2-4-18(23)20(15)29-22/h2-4,6,10,13H,5,7-9,11-12,14H2,1H3,(H,24,28). The van der Waals surface area contributed by atoms with Crippen molar-refractivity contribution in [3.63, 3.8) is 0 Å². The van der Waals surface area contributed by atoms with Gasteiger partial charge in [0.1, 0.15) is 11.4 Å². The molecule has 1 N–H and O–H groups in total. The number of carbonyl (C=O) groups is 2. The van der Waals surface area contributed by atoms with E-state index in [1.807, 2.05) is 17.0 Å². The molecule has 1 saturated heterocycles. The molecular weight excluding hydrogens is 390 g/mol. The minimum absolute atomic E-state index is 0.0237. The Labute approximate surface area is 175 Å². The quantitative estimate of drug-likeness (QED) is 0.839. The highest BCUT2D eigenvalue weighted by Crippen LogP contribution is 2.42. The van der Waals surface area contributed by atoms with Gasteiger partial charge in [-0.3, -0.25) is 14.6 Å². The van der Waals surface area contributed by atoms with Crippen molar-refractivity contribution in [2.24, 2.45) is 0 Å². The lowest BCUT2D eigenvalue weighted by Gasteiger charge is -2.44. The van der Waals surface area contributed by atoms with Gasteiger partial charge in [-0.1, -0.05) is 23.7 Å². The maximum Gasteiger partial charge on any atom is 0.251 e. The third-order valence-electron chi connectivity index (χ3n) is 5.88. The van der Waals surface area contributed by atoms with E-state index >= 15 is 0 Å². The fourth-order valence-electron chi connectivity index (χ4n) is 4.14. The summed E-state index contributed by atoms with van der Waals surface area (Å²) in [5.74, 6) is 0.639. The van der Waals surface area contributed by atoms with E-state index in [2.05, 4.69) is 16.4 Å². The summed E-state index contributed by atoms with van der Waals surface area (Å²) in [5.41, 5.74) is 2.02. The SMILES string of the molecule is CNC(=O)c1ccnc(CC(=O)N2CCC3(CCc4cccc(Cl)c4O3)CC2)c1. The number of para-hydroxylation sites is 1. The van der Waals surface area contributed by atoms with E-state index in [4.69, 9.17) is 16.3 Å². The van der Waals surface area contributed by atoms with Gasteiger partial charge < -0.3 is 15.0 Å². The largest absolute Gasteiger partial charge is 0.485 e. The van der Waals surface area contributed by atoms with Crippen molar-refractivity contribution in [3.05, 3.63) is 58.4 Å². The molecule has 0 bridgehead atoms. The number of nitrogens with one attached hydrogen (secondary N) is 1. The molecule has 0 unspecified atom stereocenters. The van der Waals surface area contributed by atoms with Crippen LogP contribution in [0.15, 0.2) is 36.5 Å². The van der Waals surface area contributed by atoms with Gasteiger partial charge in [-0.15, -0.1) is 0 Å². The van der Waals surface area contributed by atoms with Crippen LogP contribution in [0.25, 0.3) is 0 Å². The van der Waals surface area contributed by atoms with E-state index in [-0.39, 0.29) is 23.8 Å². The molecule has 1 aromatic carbocycles. The number of hydrogen-bond acceptors (Lipinski definition) is 4. The Bertz CT molecular complexity index is 939. The number of rotatable bonds is 3. The Morgan fingerprint density at radius 1 is 1.24 bits per heavy atom. The maximum atomic E-state index is 12.8. The number of aryl methyl sites for hydroxylation is 1. The van der Waals surface area contributed by atoms with E-state index < -0.39 is 0 Å². The van der Waals surface area contributed by atoms with Gasteiger partial charge in [0.15, 0.2) is 0 Å². The molecule has 2 aliphatic rings. The normalized spacial score (nSPS) is 17.4. The number of piperidine rings is 1. The molecule has 3 heterocycles. The first-order chi connectivity index (χ1) is 14.0. The zero-order valence-corrected chi connectivity index (χ0v) is 17.2. The Balaban J connectivity index is 1.38. The van der Waals surface area contributed by atoms with Crippen LogP contribution in [0, 0.1) is 0 Å². The molecule has 7 heteroatoms. The van der Waals surface area contributed by atoms with Crippen LogP contribution < -0.4 is 10.1 Å². The summed E-state index contributed by atoms with van der Waals surface area (Å²) >= 11 is 6.33. The minimum atomic E-state index is -0.244. The van der Waals surface area contributed by atoms with Crippen LogP contribution in [0.1, 0.15) is 40.9 Å². The van der Waals surface area contributed by atoms with Crippen LogP contribution >= 0.6 is 11.6 Å². The Kier molecular flexibility index (Phi) is 5.46. The molecule has 6 nitrogen and oxygen atoms in total. The highest BCUT2D eigenvalue weighted by Gasteiger charge is 2.41. The van der Waals surface area contributed by atoms with Crippen LogP contribution in [0.4, 0.5) is 0 Å². The molecule has 1 fully saturated rings. The number of hydrogen-bond donors (Lipinski definition) is 1. The lowest BCUT2D eigenvalue weighted by molar-refractivity contribution is -0.134. The molecule has 29 heavy (non-hydrogen) atoms. The monoisotopic (exact) mass is 413 g/mol. The number of likely N-dealkylation sites (tertiary alicyclic amines) is 1. The first-order valence-electron chi connectivity index (χ1n) is 9.91. The summed E-state index contributed by atoms with van der Waals surface area (Å²) in [4.78, 5) is 30.7. The second-order valence-electron chi connectivity index (χ2n) is 7.69. The molecule has 2 amide bonds. The molecule has 0 saturated carbocycles. The summed E-state index contributed by atoms with van der Waals surface area (Å²) in [6.45, 7) is 1.29. The van der Waals surface area contributed by atoms with Gasteiger partial charge in [0, 0.05) is 44.7 Å². The second-order valence-corrected chi connectivity index (χ2v) is 8.09. The van der Waals surface area contributed by atoms with Crippen molar-refractivity contribution in [1.82, 2.24) is 15.2 Å². The highest BCUT2D eigenvalue weighted by molar-refractivity contribution is 6.32. The Hall–Kier alpha value is -2.60. The number of benzene rings is 1. The highest BCUT2D eigenvalue weighted by atomic mass is 35.5. The van der Waals surface area contributed by atoms with E-state index in [1.54, 1.807) is 25.4 Å². The fraction of sp³-hybridized carbons (Fsp3) is 0.409. The van der Waals surface area contributed by atoms with Crippen LogP contribution in [-0.2, 0) is 17.6 Å². The Morgan fingerprint density at radius 2 is 2.03 bits per heavy atom. The molecule has 0 radical (unpaired) electrons. The predicted octanol–water partition coefficient (Wildman–Crippen LogP) is 3.02. The topological polar surface area (TPSA) is 71.5 Å². The second kappa shape index (κ2) is 8.03. The number of amides is 2. The summed E-state index contributed by atoms with van der Waals surface area (Å²) in [7, 11) is 1.58. The Morgan fingerprint density at radius 3 is 2.79 bits per heavy atom. The van der Waals surface area contributed by atoms with Crippen LogP contribution in [0.3, 0.4) is 0 Å². The van der Waals surface area contributed by atoms with Crippen LogP contribution in [-0.4, -0.2) is 47.4 Å². The van der Waals surface area contributed by atoms with Gasteiger partial charge in [-0.25, -0.2) is 0 Å². The zero-order chi connectivity index (χ0) is 20.4. The van der Waals surface area contributed by atoms with Gasteiger partial charge in [-0.05, 0) is 36.6 Å². The molecular formula is C22H24ClN3O3. The van der Waals surface area contributed by atoms with Crippen molar-refractivity contribution in [2.75, 3.05) is 20.1 Å². The maximum absolute atomic E-state index is 12.8. The summed E-state index contributed by atoms with van der Waals surface area (Å²) in [5, 5.41) is 3.24. The van der Waals surface area contributed by atoms with Gasteiger partial charge in [-0.2, -0.15) is 0 Å². The lowest BCUT2D eigenvalue weighted by Crippen LogP contribution is -2.51. The van der Waals surface area contributed by atoms with Crippen molar-refractivity contribution in [2.45, 2.75) is 37.7 Å². The molecule has 1 aromatic heterocycles. The van der Waals surface area contributed by atoms with E-state index in [0.717, 1.165) is 37.0 Å². The number of carbonyl (C=O) groups excluding carboxylic acids is 2. The smallest absolute Gasteiger partial charge is 0.251 e. The third kappa shape index (κ3) is 4.08. The average molecular weight is 414 g/mol. The van der Waals surface area contributed by atoms with Crippen molar-refractivity contribution in [3.8, 4) is 5.75 Å². The predicted molar refractivity (Wildman–Crippen MR) is 110 cm³/mol. The molecule has 4 rings (SSSR count). The summed E-state index contributed by atoms with van der Waals surface area (Å²) in [6, 6.07) is 9.19. The van der Waals surface area contributed by atoms with Crippen LogP contribution in [0.5, 0.6) is 5.75 Å². The number of halogens is 1. The summed E-state index contributed by atoms with van der Waals surface area (Å²) in [6.07, 6.45) is 5.21. The molecule has 2 aliphatic heterocycles. The van der Waals surface area contributed by atoms with E-state index in [9.17, 15) is 9.59 Å². The fourth-order valence-corrected chi connectivity index (χ4v) is 4.37. The minimum Gasteiger partial charge on any atom is -0.485 e. The van der Waals surface area contributed by atoms with Gasteiger partial charge in [0.05, 0.1) is 17.1 Å². The third-order valence-corrected chi connectivity index (χ3v) is 6.18. The molecule has 1 spiro atoms. The van der Waals surface area contributed by atoms with Gasteiger partial charge in [0.25, 0.3) is 5.91 Å². The number of aromatic nitrogens is 1. The summed E-state index contributed by atoms with van der Waals surface area (Å²) < 4.78 is 6.37. The van der Waals surface area contributed by atoms with Crippen molar-refractivity contribution in [1.29, 1.82) is 0 Å². The molecule has 0 atom stereocenters. The van der Waals surface area contributed by atoms with E-state index in [0.29, 0.717) is 29.4 Å². The number of nitrogens with zero attached hydrogens (tertiary/aromatic N) is 2. The van der Waals surface area contributed by atoms with Crippen LogP contribution in [0.2, 0.25) is 5.02 Å². The first kappa shape index (κ1) is 19.7. The first-order valence-corrected chi connectivity index (χ1v) is 10.3. The number of pyridine rings is 1. The van der Waals surface area contributed by atoms with E-state index in [1.165, 1.54) is 0 Å². The van der Waals surface area contributed by atoms with Crippen molar-refractivity contribution >= 4 is 23.4 Å². The van der Waals surface area contributed by atoms with Gasteiger partial charge >= 0.3 is 0 Å². The number of ether oxygens (including phenoxy) is 1. The lowest BCUT2D eigenvalue weighted by atomic mass is 9.83. The molecule has 152 valence electrons. The van der Waals surface area contributed by atoms with Gasteiger partial charge in [0.2, 0.25) is 5.91 Å². The zero-order valence-electron chi connectivity index (χ0n) is 16.4. The average Bonchev–Trinajstić information content (AvgIpc) is 2.74.